The summed E-state index contributed by atoms with van der Waals surface area (Å²) in [6.07, 6.45) is 8.10. The van der Waals surface area contributed by atoms with E-state index in [2.05, 4.69) is 125 Å². The van der Waals surface area contributed by atoms with Gasteiger partial charge in [0.05, 0.1) is 0 Å². The van der Waals surface area contributed by atoms with Crippen molar-refractivity contribution in [3.05, 3.63) is 161 Å². The van der Waals surface area contributed by atoms with Crippen LogP contribution in [0.3, 0.4) is 0 Å². The van der Waals surface area contributed by atoms with E-state index >= 15 is 0 Å². The SMILES string of the molecule is Brc1ccc(C23CC4CC(C2)CC(c2ccc(-c5ccc6ccc(-c7nc(-c8ccccc8)nc(-c8ccccc8)n7)cc6c5)cc2)(C4)C3)cc1. The normalized spacial score (nSPS) is 23.5. The van der Waals surface area contributed by atoms with Gasteiger partial charge < -0.3 is 0 Å². The standard InChI is InChI=1S/C47H38BrN3/c48-42-21-19-41(20-22-42)47-28-31-23-32(29-47)27-46(26-31,30-47)40-17-15-33(16-18-40)37-13-11-34-12-14-38(25-39(34)24-37)45-50-43(35-7-3-1-4-8-35)49-44(51-45)36-9-5-2-6-10-36/h1-22,24-25,31-32H,23,26-30H2. The van der Waals surface area contributed by atoms with E-state index in [-0.39, 0.29) is 5.41 Å². The lowest BCUT2D eigenvalue weighted by Crippen LogP contribution is -2.55. The molecule has 1 aromatic heterocycles. The molecular weight excluding hydrogens is 686 g/mol. The van der Waals surface area contributed by atoms with Crippen molar-refractivity contribution in [3.8, 4) is 45.3 Å². The molecule has 0 aliphatic heterocycles. The highest BCUT2D eigenvalue weighted by atomic mass is 79.9. The van der Waals surface area contributed by atoms with Gasteiger partial charge in [0.15, 0.2) is 17.5 Å². The molecule has 1 heterocycles. The molecule has 51 heavy (non-hydrogen) atoms. The third-order valence-electron chi connectivity index (χ3n) is 12.1. The van der Waals surface area contributed by atoms with Crippen molar-refractivity contribution < 1.29 is 0 Å². The molecule has 7 aromatic rings. The fourth-order valence-electron chi connectivity index (χ4n) is 10.3. The van der Waals surface area contributed by atoms with E-state index in [9.17, 15) is 0 Å². The van der Waals surface area contributed by atoms with E-state index in [1.165, 1.54) is 64.9 Å². The Hall–Kier alpha value is -4.93. The van der Waals surface area contributed by atoms with Crippen molar-refractivity contribution in [2.75, 3.05) is 0 Å². The van der Waals surface area contributed by atoms with Crippen LogP contribution in [0.2, 0.25) is 0 Å². The summed E-state index contributed by atoms with van der Waals surface area (Å²) in [5.74, 6) is 3.70. The lowest BCUT2D eigenvalue weighted by Gasteiger charge is -2.63. The van der Waals surface area contributed by atoms with Crippen molar-refractivity contribution >= 4 is 26.7 Å². The van der Waals surface area contributed by atoms with Crippen LogP contribution in [0.4, 0.5) is 0 Å². The second-order valence-corrected chi connectivity index (χ2v) is 16.3. The van der Waals surface area contributed by atoms with Crippen LogP contribution in [0.1, 0.15) is 49.7 Å². The molecule has 0 saturated heterocycles. The number of aromatic nitrogens is 3. The summed E-state index contributed by atoms with van der Waals surface area (Å²) in [5.41, 5.74) is 9.13. The zero-order valence-electron chi connectivity index (χ0n) is 28.5. The monoisotopic (exact) mass is 723 g/mol. The Morgan fingerprint density at radius 3 is 1.43 bits per heavy atom. The molecule has 3 nitrogen and oxygen atoms in total. The molecule has 0 radical (unpaired) electrons. The van der Waals surface area contributed by atoms with Crippen LogP contribution in [-0.2, 0) is 10.8 Å². The van der Waals surface area contributed by atoms with Crippen LogP contribution in [-0.4, -0.2) is 15.0 Å². The first kappa shape index (κ1) is 30.9. The van der Waals surface area contributed by atoms with Gasteiger partial charge in [-0.05, 0) is 118 Å². The van der Waals surface area contributed by atoms with E-state index in [1.54, 1.807) is 11.1 Å². The first-order valence-corrected chi connectivity index (χ1v) is 19.1. The van der Waals surface area contributed by atoms with Gasteiger partial charge in [-0.3, -0.25) is 0 Å². The Balaban J connectivity index is 0.982. The summed E-state index contributed by atoms with van der Waals surface area (Å²) >= 11 is 3.67. The van der Waals surface area contributed by atoms with Crippen molar-refractivity contribution in [1.82, 2.24) is 15.0 Å². The second-order valence-electron chi connectivity index (χ2n) is 15.4. The van der Waals surface area contributed by atoms with Crippen molar-refractivity contribution in [2.45, 2.75) is 49.4 Å². The van der Waals surface area contributed by atoms with Gasteiger partial charge in [-0.25, -0.2) is 15.0 Å². The Bertz CT molecular complexity index is 2310. The average Bonchev–Trinajstić information content (AvgIpc) is 3.18. The summed E-state index contributed by atoms with van der Waals surface area (Å²) in [4.78, 5) is 14.8. The molecule has 2 unspecified atom stereocenters. The highest BCUT2D eigenvalue weighted by Crippen LogP contribution is 2.66. The third-order valence-corrected chi connectivity index (χ3v) is 12.7. The predicted molar refractivity (Wildman–Crippen MR) is 211 cm³/mol. The zero-order chi connectivity index (χ0) is 34.0. The zero-order valence-corrected chi connectivity index (χ0v) is 30.1. The van der Waals surface area contributed by atoms with Gasteiger partial charge in [0, 0.05) is 21.2 Å². The molecule has 4 aliphatic rings. The number of hydrogen-bond donors (Lipinski definition) is 0. The molecule has 4 aliphatic carbocycles. The summed E-state index contributed by atoms with van der Waals surface area (Å²) in [7, 11) is 0. The lowest BCUT2D eigenvalue weighted by atomic mass is 9.42. The Morgan fingerprint density at radius 1 is 0.431 bits per heavy atom. The molecule has 4 heteroatoms. The third kappa shape index (κ3) is 5.52. The minimum atomic E-state index is 0.287. The highest BCUT2D eigenvalue weighted by molar-refractivity contribution is 9.10. The first-order chi connectivity index (χ1) is 25.0. The van der Waals surface area contributed by atoms with Gasteiger partial charge >= 0.3 is 0 Å². The molecule has 4 saturated carbocycles. The Kier molecular flexibility index (Phi) is 7.32. The first-order valence-electron chi connectivity index (χ1n) is 18.3. The van der Waals surface area contributed by atoms with Gasteiger partial charge in [0.2, 0.25) is 0 Å². The molecule has 4 bridgehead atoms. The van der Waals surface area contributed by atoms with Crippen LogP contribution in [0.15, 0.2) is 150 Å². The number of benzene rings is 6. The summed E-state index contributed by atoms with van der Waals surface area (Å²) in [6.45, 7) is 0. The number of halogens is 1. The molecule has 248 valence electrons. The van der Waals surface area contributed by atoms with Crippen LogP contribution in [0, 0.1) is 11.8 Å². The van der Waals surface area contributed by atoms with E-state index < -0.39 is 0 Å². The van der Waals surface area contributed by atoms with E-state index in [4.69, 9.17) is 15.0 Å². The van der Waals surface area contributed by atoms with Gasteiger partial charge in [0.1, 0.15) is 0 Å². The van der Waals surface area contributed by atoms with E-state index in [0.717, 1.165) is 28.5 Å². The van der Waals surface area contributed by atoms with Crippen LogP contribution >= 0.6 is 15.9 Å². The van der Waals surface area contributed by atoms with Crippen molar-refractivity contribution in [2.24, 2.45) is 11.8 Å². The molecule has 0 spiro atoms. The predicted octanol–water partition coefficient (Wildman–Crippen LogP) is 12.2. The lowest BCUT2D eigenvalue weighted by molar-refractivity contribution is -0.0281. The fraction of sp³-hybridized carbons (Fsp3) is 0.213. The van der Waals surface area contributed by atoms with Crippen molar-refractivity contribution in [1.29, 1.82) is 0 Å². The quantitative estimate of drug-likeness (QED) is 0.171. The smallest absolute Gasteiger partial charge is 0.164 e. The van der Waals surface area contributed by atoms with Crippen LogP contribution in [0.25, 0.3) is 56.1 Å². The summed E-state index contributed by atoms with van der Waals surface area (Å²) in [5, 5.41) is 2.38. The number of nitrogens with zero attached hydrogens (tertiary/aromatic N) is 3. The van der Waals surface area contributed by atoms with Gasteiger partial charge in [-0.1, -0.05) is 137 Å². The Morgan fingerprint density at radius 2 is 0.882 bits per heavy atom. The summed E-state index contributed by atoms with van der Waals surface area (Å²) < 4.78 is 1.17. The molecule has 2 atom stereocenters. The fourth-order valence-corrected chi connectivity index (χ4v) is 10.5. The topological polar surface area (TPSA) is 38.7 Å². The maximum atomic E-state index is 4.98. The number of fused-ring (bicyclic) bond motifs is 1. The van der Waals surface area contributed by atoms with Crippen LogP contribution in [0.5, 0.6) is 0 Å². The molecule has 4 fully saturated rings. The van der Waals surface area contributed by atoms with Gasteiger partial charge in [0.25, 0.3) is 0 Å². The minimum Gasteiger partial charge on any atom is -0.208 e. The molecule has 0 N–H and O–H groups in total. The van der Waals surface area contributed by atoms with Gasteiger partial charge in [-0.15, -0.1) is 0 Å². The van der Waals surface area contributed by atoms with Crippen LogP contribution < -0.4 is 0 Å². The maximum Gasteiger partial charge on any atom is 0.164 e. The number of rotatable bonds is 6. The molecule has 11 rings (SSSR count). The Labute approximate surface area is 308 Å². The largest absolute Gasteiger partial charge is 0.208 e. The van der Waals surface area contributed by atoms with E-state index in [0.29, 0.717) is 22.9 Å². The minimum absolute atomic E-state index is 0.287. The van der Waals surface area contributed by atoms with Crippen molar-refractivity contribution in [3.63, 3.8) is 0 Å². The average molecular weight is 725 g/mol. The highest BCUT2D eigenvalue weighted by Gasteiger charge is 2.58. The van der Waals surface area contributed by atoms with E-state index in [1.807, 2.05) is 36.4 Å². The second kappa shape index (κ2) is 12.1. The maximum absolute atomic E-state index is 4.98. The van der Waals surface area contributed by atoms with Gasteiger partial charge in [-0.2, -0.15) is 0 Å². The molecule has 6 aromatic carbocycles. The number of hydrogen-bond acceptors (Lipinski definition) is 3. The molecular formula is C47H38BrN3. The summed E-state index contributed by atoms with van der Waals surface area (Å²) in [6, 6.07) is 52.6. The molecule has 0 amide bonds.